The van der Waals surface area contributed by atoms with Gasteiger partial charge >= 0.3 is 0 Å². The number of nitro benzene ring substituents is 1. The molecule has 1 saturated carbocycles. The number of carbonyl (C=O) groups excluding carboxylic acids is 1. The third-order valence-corrected chi connectivity index (χ3v) is 3.99. The quantitative estimate of drug-likeness (QED) is 0.486. The molecular formula is C18H15NO3. The lowest BCUT2D eigenvalue weighted by Gasteiger charge is -2.11. The van der Waals surface area contributed by atoms with Crippen molar-refractivity contribution >= 4 is 17.5 Å². The number of ketones is 1. The van der Waals surface area contributed by atoms with Gasteiger partial charge in [0.15, 0.2) is 5.78 Å². The van der Waals surface area contributed by atoms with E-state index in [1.54, 1.807) is 12.1 Å². The van der Waals surface area contributed by atoms with Gasteiger partial charge in [0.1, 0.15) is 0 Å². The summed E-state index contributed by atoms with van der Waals surface area (Å²) in [5, 5.41) is 10.7. The minimum absolute atomic E-state index is 0.0551. The van der Waals surface area contributed by atoms with Gasteiger partial charge in [0.2, 0.25) is 0 Å². The zero-order valence-electron chi connectivity index (χ0n) is 11.9. The molecule has 1 aliphatic carbocycles. The molecule has 0 spiro atoms. The summed E-state index contributed by atoms with van der Waals surface area (Å²) in [6.45, 7) is 0. The molecule has 0 amide bonds. The van der Waals surface area contributed by atoms with Gasteiger partial charge in [-0.2, -0.15) is 0 Å². The van der Waals surface area contributed by atoms with E-state index < -0.39 is 4.92 Å². The fourth-order valence-corrected chi connectivity index (χ4v) is 2.85. The maximum Gasteiger partial charge on any atom is 0.269 e. The predicted molar refractivity (Wildman–Crippen MR) is 84.5 cm³/mol. The highest BCUT2D eigenvalue weighted by Crippen LogP contribution is 2.37. The molecule has 0 aliphatic heterocycles. The number of carbonyl (C=O) groups is 1. The molecule has 2 aromatic carbocycles. The summed E-state index contributed by atoms with van der Waals surface area (Å²) in [6, 6.07) is 16.3. The summed E-state index contributed by atoms with van der Waals surface area (Å²) in [6.07, 6.45) is 3.23. The summed E-state index contributed by atoms with van der Waals surface area (Å²) in [5.74, 6) is 0.274. The van der Waals surface area contributed by atoms with Gasteiger partial charge < -0.3 is 0 Å². The van der Waals surface area contributed by atoms with Crippen LogP contribution in [0, 0.1) is 10.1 Å². The Morgan fingerprint density at radius 3 is 2.36 bits per heavy atom. The van der Waals surface area contributed by atoms with Crippen molar-refractivity contribution in [3.8, 4) is 0 Å². The Morgan fingerprint density at radius 2 is 1.73 bits per heavy atom. The minimum atomic E-state index is -0.426. The Kier molecular flexibility index (Phi) is 3.83. The second-order valence-corrected chi connectivity index (χ2v) is 5.37. The number of hydrogen-bond donors (Lipinski definition) is 0. The number of Topliss-reactive ketones (excluding diaryl/α,β-unsaturated/α-hetero) is 1. The highest BCUT2D eigenvalue weighted by molar-refractivity contribution is 6.03. The van der Waals surface area contributed by atoms with Gasteiger partial charge in [0.25, 0.3) is 5.69 Å². The van der Waals surface area contributed by atoms with Crippen LogP contribution in [-0.4, -0.2) is 10.7 Å². The largest absolute Gasteiger partial charge is 0.295 e. The van der Waals surface area contributed by atoms with Crippen LogP contribution in [0.25, 0.3) is 6.08 Å². The van der Waals surface area contributed by atoms with Crippen LogP contribution in [0.1, 0.15) is 29.9 Å². The minimum Gasteiger partial charge on any atom is -0.295 e. The van der Waals surface area contributed by atoms with E-state index in [4.69, 9.17) is 0 Å². The molecule has 0 unspecified atom stereocenters. The molecule has 0 radical (unpaired) electrons. The first-order valence-corrected chi connectivity index (χ1v) is 7.19. The standard InChI is InChI=1S/C18H15NO3/c20-18-11-10-16(14-4-2-1-3-5-14)17(18)12-13-6-8-15(9-7-13)19(21)22/h1-9,12,16H,10-11H2/b17-12+/t16-/m1/s1. The zero-order valence-corrected chi connectivity index (χ0v) is 11.9. The lowest BCUT2D eigenvalue weighted by Crippen LogP contribution is -2.00. The van der Waals surface area contributed by atoms with Crippen molar-refractivity contribution in [2.45, 2.75) is 18.8 Å². The monoisotopic (exact) mass is 293 g/mol. The molecule has 110 valence electrons. The predicted octanol–water partition coefficient (Wildman–Crippen LogP) is 4.12. The molecule has 1 fully saturated rings. The van der Waals surface area contributed by atoms with Crippen molar-refractivity contribution < 1.29 is 9.72 Å². The number of nitro groups is 1. The van der Waals surface area contributed by atoms with Crippen LogP contribution in [0.15, 0.2) is 60.2 Å². The summed E-state index contributed by atoms with van der Waals surface area (Å²) in [5.41, 5.74) is 2.80. The zero-order chi connectivity index (χ0) is 15.5. The molecule has 0 aromatic heterocycles. The first kappa shape index (κ1) is 14.2. The lowest BCUT2D eigenvalue weighted by molar-refractivity contribution is -0.384. The van der Waals surface area contributed by atoms with Crippen LogP contribution in [0.2, 0.25) is 0 Å². The molecule has 1 aliphatic rings. The van der Waals surface area contributed by atoms with E-state index in [1.807, 2.05) is 36.4 Å². The lowest BCUT2D eigenvalue weighted by atomic mass is 9.92. The van der Waals surface area contributed by atoms with Crippen molar-refractivity contribution in [1.82, 2.24) is 0 Å². The number of nitrogens with zero attached hydrogens (tertiary/aromatic N) is 1. The van der Waals surface area contributed by atoms with E-state index in [1.165, 1.54) is 12.1 Å². The Hall–Kier alpha value is -2.75. The van der Waals surface area contributed by atoms with Crippen LogP contribution < -0.4 is 0 Å². The Morgan fingerprint density at radius 1 is 1.05 bits per heavy atom. The second-order valence-electron chi connectivity index (χ2n) is 5.37. The maximum atomic E-state index is 12.2. The van der Waals surface area contributed by atoms with Gasteiger partial charge in [-0.3, -0.25) is 14.9 Å². The number of allylic oxidation sites excluding steroid dienone is 1. The number of benzene rings is 2. The summed E-state index contributed by atoms with van der Waals surface area (Å²) < 4.78 is 0. The molecular weight excluding hydrogens is 278 g/mol. The number of rotatable bonds is 3. The van der Waals surface area contributed by atoms with Crippen molar-refractivity contribution in [2.24, 2.45) is 0 Å². The molecule has 0 bridgehead atoms. The van der Waals surface area contributed by atoms with Gasteiger partial charge in [0, 0.05) is 30.0 Å². The maximum absolute atomic E-state index is 12.2. The third-order valence-electron chi connectivity index (χ3n) is 3.99. The van der Waals surface area contributed by atoms with Gasteiger partial charge in [0.05, 0.1) is 4.92 Å². The van der Waals surface area contributed by atoms with Crippen LogP contribution in [-0.2, 0) is 4.79 Å². The van der Waals surface area contributed by atoms with Crippen LogP contribution >= 0.6 is 0 Å². The number of hydrogen-bond acceptors (Lipinski definition) is 3. The molecule has 0 N–H and O–H groups in total. The van der Waals surface area contributed by atoms with Crippen molar-refractivity contribution in [1.29, 1.82) is 0 Å². The molecule has 1 atom stereocenters. The number of non-ortho nitro benzene ring substituents is 1. The summed E-state index contributed by atoms with van der Waals surface area (Å²) >= 11 is 0. The molecule has 4 heteroatoms. The van der Waals surface area contributed by atoms with Crippen LogP contribution in [0.3, 0.4) is 0 Å². The first-order valence-electron chi connectivity index (χ1n) is 7.19. The SMILES string of the molecule is O=C1CC[C@H](c2ccccc2)/C1=C\c1ccc([N+](=O)[O-])cc1. The van der Waals surface area contributed by atoms with Gasteiger partial charge in [-0.15, -0.1) is 0 Å². The molecule has 2 aromatic rings. The topological polar surface area (TPSA) is 60.2 Å². The molecule has 3 rings (SSSR count). The average Bonchev–Trinajstić information content (AvgIpc) is 2.90. The van der Waals surface area contributed by atoms with Crippen LogP contribution in [0.4, 0.5) is 5.69 Å². The molecule has 0 saturated heterocycles. The highest BCUT2D eigenvalue weighted by atomic mass is 16.6. The van der Waals surface area contributed by atoms with Crippen molar-refractivity contribution in [3.05, 3.63) is 81.4 Å². The normalized spacial score (nSPS) is 19.5. The molecule has 0 heterocycles. The summed E-state index contributed by atoms with van der Waals surface area (Å²) in [4.78, 5) is 22.4. The second kappa shape index (κ2) is 5.93. The van der Waals surface area contributed by atoms with Crippen molar-refractivity contribution in [2.75, 3.05) is 0 Å². The Bertz CT molecular complexity index is 733. The van der Waals surface area contributed by atoms with Crippen molar-refractivity contribution in [3.63, 3.8) is 0 Å². The summed E-state index contributed by atoms with van der Waals surface area (Å²) in [7, 11) is 0. The Balaban J connectivity index is 1.93. The van der Waals surface area contributed by atoms with Crippen LogP contribution in [0.5, 0.6) is 0 Å². The average molecular weight is 293 g/mol. The molecule has 4 nitrogen and oxygen atoms in total. The van der Waals surface area contributed by atoms with E-state index in [0.717, 1.165) is 23.1 Å². The smallest absolute Gasteiger partial charge is 0.269 e. The van der Waals surface area contributed by atoms with E-state index in [9.17, 15) is 14.9 Å². The third kappa shape index (κ3) is 2.81. The van der Waals surface area contributed by atoms with Gasteiger partial charge in [-0.1, -0.05) is 30.3 Å². The fraction of sp³-hybridized carbons (Fsp3) is 0.167. The fourth-order valence-electron chi connectivity index (χ4n) is 2.85. The van der Waals surface area contributed by atoms with E-state index in [0.29, 0.717) is 6.42 Å². The highest BCUT2D eigenvalue weighted by Gasteiger charge is 2.29. The Labute approximate surface area is 128 Å². The van der Waals surface area contributed by atoms with Gasteiger partial charge in [-0.05, 0) is 35.8 Å². The van der Waals surface area contributed by atoms with Gasteiger partial charge in [-0.25, -0.2) is 0 Å². The first-order chi connectivity index (χ1) is 10.6. The van der Waals surface area contributed by atoms with E-state index in [2.05, 4.69) is 0 Å². The van der Waals surface area contributed by atoms with E-state index >= 15 is 0 Å². The van der Waals surface area contributed by atoms with E-state index in [-0.39, 0.29) is 17.4 Å². The molecule has 22 heavy (non-hydrogen) atoms.